The minimum absolute atomic E-state index is 0. The Morgan fingerprint density at radius 2 is 2.19 bits per heavy atom. The number of morpholine rings is 1. The lowest BCUT2D eigenvalue weighted by molar-refractivity contribution is -0.144. The second-order valence-electron chi connectivity index (χ2n) is 5.42. The Morgan fingerprint density at radius 1 is 1.52 bits per heavy atom. The van der Waals surface area contributed by atoms with Crippen LogP contribution in [0.3, 0.4) is 0 Å². The highest BCUT2D eigenvalue weighted by molar-refractivity contribution is 6.31. The van der Waals surface area contributed by atoms with Gasteiger partial charge in [-0.1, -0.05) is 29.8 Å². The summed E-state index contributed by atoms with van der Waals surface area (Å²) in [7, 11) is 0. The van der Waals surface area contributed by atoms with Gasteiger partial charge in [0.15, 0.2) is 0 Å². The van der Waals surface area contributed by atoms with Crippen LogP contribution >= 0.6 is 24.0 Å². The van der Waals surface area contributed by atoms with Crippen LogP contribution in [0.25, 0.3) is 0 Å². The summed E-state index contributed by atoms with van der Waals surface area (Å²) in [6.07, 6.45) is 0.191. The number of benzene rings is 1. The smallest absolute Gasteiger partial charge is 0.224 e. The summed E-state index contributed by atoms with van der Waals surface area (Å²) < 4.78 is 5.83. The van der Waals surface area contributed by atoms with Crippen molar-refractivity contribution in [3.8, 4) is 0 Å². The lowest BCUT2D eigenvalue weighted by Crippen LogP contribution is -2.49. The molecule has 0 spiro atoms. The summed E-state index contributed by atoms with van der Waals surface area (Å²) in [6.45, 7) is 4.87. The molecule has 1 aliphatic rings. The molecule has 0 radical (unpaired) electrons. The zero-order valence-electron chi connectivity index (χ0n) is 12.3. The molecule has 2 rings (SSSR count). The number of carbonyl (C=O) groups is 1. The van der Waals surface area contributed by atoms with E-state index in [0.29, 0.717) is 24.6 Å². The maximum atomic E-state index is 12.2. The van der Waals surface area contributed by atoms with Gasteiger partial charge in [-0.2, -0.15) is 0 Å². The molecule has 4 nitrogen and oxygen atoms in total. The zero-order valence-corrected chi connectivity index (χ0v) is 13.9. The number of ether oxygens (including phenoxy) is 1. The Kier molecular flexibility index (Phi) is 6.94. The van der Waals surface area contributed by atoms with E-state index in [9.17, 15) is 4.79 Å². The molecular weight excluding hydrogens is 311 g/mol. The zero-order chi connectivity index (χ0) is 14.7. The molecule has 1 amide bonds. The fourth-order valence-electron chi connectivity index (χ4n) is 2.42. The molecule has 1 fully saturated rings. The molecule has 6 heteroatoms. The molecule has 3 unspecified atom stereocenters. The van der Waals surface area contributed by atoms with Crippen molar-refractivity contribution in [1.82, 2.24) is 4.90 Å². The molecule has 21 heavy (non-hydrogen) atoms. The first kappa shape index (κ1) is 18.2. The normalized spacial score (nSPS) is 23.3. The molecule has 1 aliphatic heterocycles. The van der Waals surface area contributed by atoms with E-state index in [2.05, 4.69) is 0 Å². The SMILES string of the molecule is CC(N)CC(=O)N1CC(c2ccccc2Cl)OCC1C.Cl. The van der Waals surface area contributed by atoms with Gasteiger partial charge >= 0.3 is 0 Å². The number of hydrogen-bond acceptors (Lipinski definition) is 3. The van der Waals surface area contributed by atoms with Crippen LogP contribution in [0.4, 0.5) is 0 Å². The highest BCUT2D eigenvalue weighted by Gasteiger charge is 2.31. The number of nitrogens with two attached hydrogens (primary N) is 1. The Bertz CT molecular complexity index is 482. The van der Waals surface area contributed by atoms with Crippen molar-refractivity contribution >= 4 is 29.9 Å². The maximum absolute atomic E-state index is 12.2. The van der Waals surface area contributed by atoms with Crippen molar-refractivity contribution in [2.45, 2.75) is 38.5 Å². The maximum Gasteiger partial charge on any atom is 0.224 e. The topological polar surface area (TPSA) is 55.6 Å². The van der Waals surface area contributed by atoms with Crippen LogP contribution in [0, 0.1) is 0 Å². The molecule has 2 N–H and O–H groups in total. The Balaban J connectivity index is 0.00000220. The minimum atomic E-state index is -0.170. The molecule has 118 valence electrons. The number of halogens is 2. The van der Waals surface area contributed by atoms with Gasteiger partial charge < -0.3 is 15.4 Å². The lowest BCUT2D eigenvalue weighted by atomic mass is 10.0. The molecule has 1 aromatic carbocycles. The van der Waals surface area contributed by atoms with Gasteiger partial charge in [-0.15, -0.1) is 12.4 Å². The van der Waals surface area contributed by atoms with E-state index in [1.807, 2.05) is 43.0 Å². The molecule has 0 aliphatic carbocycles. The Labute approximate surface area is 137 Å². The van der Waals surface area contributed by atoms with Crippen LogP contribution in [0.2, 0.25) is 5.02 Å². The first-order valence-corrected chi connectivity index (χ1v) is 7.28. The number of rotatable bonds is 3. The molecule has 0 aromatic heterocycles. The second-order valence-corrected chi connectivity index (χ2v) is 5.83. The van der Waals surface area contributed by atoms with E-state index in [0.717, 1.165) is 5.56 Å². The third kappa shape index (κ3) is 4.58. The largest absolute Gasteiger partial charge is 0.369 e. The third-order valence-electron chi connectivity index (χ3n) is 3.50. The summed E-state index contributed by atoms with van der Waals surface area (Å²) >= 11 is 6.20. The minimum Gasteiger partial charge on any atom is -0.369 e. The molecule has 1 saturated heterocycles. The monoisotopic (exact) mass is 332 g/mol. The summed E-state index contributed by atoms with van der Waals surface area (Å²) in [5, 5.41) is 0.673. The van der Waals surface area contributed by atoms with Crippen LogP contribution in [0.1, 0.15) is 31.9 Å². The lowest BCUT2D eigenvalue weighted by Gasteiger charge is -2.38. The predicted octanol–water partition coefficient (Wildman–Crippen LogP) is 2.79. The molecule has 1 heterocycles. The Hall–Kier alpha value is -0.810. The van der Waals surface area contributed by atoms with Crippen molar-refractivity contribution < 1.29 is 9.53 Å². The summed E-state index contributed by atoms with van der Waals surface area (Å²) in [6, 6.07) is 7.53. The van der Waals surface area contributed by atoms with Crippen LogP contribution in [-0.4, -0.2) is 36.0 Å². The molecule has 0 bridgehead atoms. The van der Waals surface area contributed by atoms with Gasteiger partial charge in [-0.25, -0.2) is 0 Å². The van der Waals surface area contributed by atoms with Crippen molar-refractivity contribution in [3.63, 3.8) is 0 Å². The first-order valence-electron chi connectivity index (χ1n) is 6.90. The van der Waals surface area contributed by atoms with Crippen LogP contribution in [0.5, 0.6) is 0 Å². The highest BCUT2D eigenvalue weighted by atomic mass is 35.5. The molecule has 0 saturated carbocycles. The summed E-state index contributed by atoms with van der Waals surface area (Å²) in [5.74, 6) is 0.0767. The van der Waals surface area contributed by atoms with Gasteiger partial charge in [0.25, 0.3) is 0 Å². The van der Waals surface area contributed by atoms with Gasteiger partial charge in [-0.3, -0.25) is 4.79 Å². The van der Waals surface area contributed by atoms with E-state index in [-0.39, 0.29) is 36.5 Å². The average Bonchev–Trinajstić information content (AvgIpc) is 2.39. The van der Waals surface area contributed by atoms with E-state index in [4.69, 9.17) is 22.1 Å². The fourth-order valence-corrected chi connectivity index (χ4v) is 2.68. The molecule has 3 atom stereocenters. The second kappa shape index (κ2) is 7.99. The van der Waals surface area contributed by atoms with Gasteiger partial charge in [0, 0.05) is 23.0 Å². The van der Waals surface area contributed by atoms with Gasteiger partial charge in [-0.05, 0) is 19.9 Å². The van der Waals surface area contributed by atoms with E-state index in [1.165, 1.54) is 0 Å². The van der Waals surface area contributed by atoms with E-state index in [1.54, 1.807) is 0 Å². The van der Waals surface area contributed by atoms with Gasteiger partial charge in [0.1, 0.15) is 6.10 Å². The van der Waals surface area contributed by atoms with Crippen LogP contribution < -0.4 is 5.73 Å². The third-order valence-corrected chi connectivity index (χ3v) is 3.85. The highest BCUT2D eigenvalue weighted by Crippen LogP contribution is 2.30. The van der Waals surface area contributed by atoms with Crippen molar-refractivity contribution in [1.29, 1.82) is 0 Å². The molecule has 1 aromatic rings. The number of carbonyl (C=O) groups excluding carboxylic acids is 1. The van der Waals surface area contributed by atoms with Crippen molar-refractivity contribution in [3.05, 3.63) is 34.9 Å². The fraction of sp³-hybridized carbons (Fsp3) is 0.533. The predicted molar refractivity (Wildman–Crippen MR) is 86.8 cm³/mol. The Morgan fingerprint density at radius 3 is 2.81 bits per heavy atom. The van der Waals surface area contributed by atoms with Crippen LogP contribution in [0.15, 0.2) is 24.3 Å². The average molecular weight is 333 g/mol. The number of nitrogens with zero attached hydrogens (tertiary/aromatic N) is 1. The number of hydrogen-bond donors (Lipinski definition) is 1. The van der Waals surface area contributed by atoms with E-state index < -0.39 is 0 Å². The standard InChI is InChI=1S/C15H21ClN2O2.ClH/c1-10(17)7-15(19)18-8-14(20-9-11(18)2)12-5-3-4-6-13(12)16;/h3-6,10-11,14H,7-9,17H2,1-2H3;1H. The first-order chi connectivity index (χ1) is 9.49. The van der Waals surface area contributed by atoms with E-state index >= 15 is 0 Å². The van der Waals surface area contributed by atoms with Crippen molar-refractivity contribution in [2.75, 3.05) is 13.2 Å². The molecular formula is C15H22Cl2N2O2. The quantitative estimate of drug-likeness (QED) is 0.925. The van der Waals surface area contributed by atoms with Crippen LogP contribution in [-0.2, 0) is 9.53 Å². The number of amides is 1. The van der Waals surface area contributed by atoms with Gasteiger partial charge in [0.05, 0.1) is 19.2 Å². The van der Waals surface area contributed by atoms with Crippen molar-refractivity contribution in [2.24, 2.45) is 5.73 Å². The summed E-state index contributed by atoms with van der Waals surface area (Å²) in [4.78, 5) is 14.1. The summed E-state index contributed by atoms with van der Waals surface area (Å²) in [5.41, 5.74) is 6.65. The van der Waals surface area contributed by atoms with Gasteiger partial charge in [0.2, 0.25) is 5.91 Å².